The summed E-state index contributed by atoms with van der Waals surface area (Å²) < 4.78 is 0. The molecule has 6 heteroatoms. The molecule has 0 spiro atoms. The molecule has 6 nitrogen and oxygen atoms in total. The summed E-state index contributed by atoms with van der Waals surface area (Å²) in [6, 6.07) is 4.64. The second kappa shape index (κ2) is 12.8. The largest absolute Gasteiger partial charge is 0.508 e. The van der Waals surface area contributed by atoms with E-state index in [9.17, 15) is 14.7 Å². The molecule has 24 heavy (non-hydrogen) atoms. The minimum atomic E-state index is -0.935. The Balaban J connectivity index is 0. The van der Waals surface area contributed by atoms with Crippen molar-refractivity contribution in [3.63, 3.8) is 0 Å². The Labute approximate surface area is 142 Å². The van der Waals surface area contributed by atoms with Crippen LogP contribution in [-0.2, 0) is 16.0 Å². The summed E-state index contributed by atoms with van der Waals surface area (Å²) in [5, 5.41) is 34.3. The van der Waals surface area contributed by atoms with Crippen LogP contribution in [0, 0.1) is 0 Å². The van der Waals surface area contributed by atoms with E-state index in [1.165, 1.54) is 26.0 Å². The zero-order chi connectivity index (χ0) is 19.3. The molecular weight excluding hydrogens is 312 g/mol. The zero-order valence-corrected chi connectivity index (χ0v) is 14.4. The molecule has 0 fully saturated rings. The Kier molecular flexibility index (Phi) is 12.5. The number of phenolic OH excluding ortho intramolecular Hbond substituents is 2. The topological polar surface area (TPSA) is 115 Å². The van der Waals surface area contributed by atoms with Gasteiger partial charge in [-0.05, 0) is 50.5 Å². The van der Waals surface area contributed by atoms with Crippen LogP contribution in [0.5, 0.6) is 11.5 Å². The highest BCUT2D eigenvalue weighted by Gasteiger charge is 2.00. The van der Waals surface area contributed by atoms with E-state index in [-0.39, 0.29) is 22.6 Å². The fourth-order valence-corrected chi connectivity index (χ4v) is 1.14. The van der Waals surface area contributed by atoms with Crippen molar-refractivity contribution in [2.75, 3.05) is 0 Å². The number of hydrogen-bond acceptors (Lipinski definition) is 4. The summed E-state index contributed by atoms with van der Waals surface area (Å²) in [5.74, 6) is -1.37. The van der Waals surface area contributed by atoms with Crippen molar-refractivity contribution in [1.82, 2.24) is 0 Å². The molecule has 1 aromatic rings. The van der Waals surface area contributed by atoms with E-state index in [2.05, 4.69) is 20.1 Å². The predicted molar refractivity (Wildman–Crippen MR) is 93.3 cm³/mol. The molecule has 1 rings (SSSR count). The number of aromatic hydroxyl groups is 2. The van der Waals surface area contributed by atoms with Gasteiger partial charge in [-0.3, -0.25) is 0 Å². The Bertz CT molecular complexity index is 527. The maximum atomic E-state index is 9.60. The third-order valence-corrected chi connectivity index (χ3v) is 2.59. The summed E-state index contributed by atoms with van der Waals surface area (Å²) in [6.07, 6.45) is 2.96. The van der Waals surface area contributed by atoms with E-state index in [1.54, 1.807) is 6.07 Å². The lowest BCUT2D eigenvalue weighted by molar-refractivity contribution is -0.133. The molecule has 0 aromatic heterocycles. The van der Waals surface area contributed by atoms with Gasteiger partial charge in [0.25, 0.3) is 0 Å². The number of aliphatic carboxylic acids is 2. The van der Waals surface area contributed by atoms with Crippen molar-refractivity contribution in [3.05, 3.63) is 48.1 Å². The molecule has 0 saturated heterocycles. The van der Waals surface area contributed by atoms with Crippen LogP contribution in [0.3, 0.4) is 0 Å². The quantitative estimate of drug-likeness (QED) is 0.480. The van der Waals surface area contributed by atoms with Crippen LogP contribution >= 0.6 is 0 Å². The van der Waals surface area contributed by atoms with Crippen LogP contribution in [-0.4, -0.2) is 32.4 Å². The third-order valence-electron chi connectivity index (χ3n) is 2.59. The van der Waals surface area contributed by atoms with Crippen LogP contribution < -0.4 is 0 Å². The number of unbranched alkanes of at least 4 members (excludes halogenated alkanes) is 1. The first-order valence-electron chi connectivity index (χ1n) is 7.31. The monoisotopic (exact) mass is 338 g/mol. The Morgan fingerprint density at radius 2 is 1.42 bits per heavy atom. The lowest BCUT2D eigenvalue weighted by Gasteiger charge is -2.03. The minimum absolute atomic E-state index is 0.176. The fraction of sp³-hybridized carbons (Fsp3) is 0.333. The average molecular weight is 338 g/mol. The summed E-state index contributed by atoms with van der Waals surface area (Å²) >= 11 is 0. The van der Waals surface area contributed by atoms with Gasteiger partial charge in [-0.1, -0.05) is 26.5 Å². The maximum absolute atomic E-state index is 9.60. The molecule has 0 heterocycles. The van der Waals surface area contributed by atoms with Crippen molar-refractivity contribution in [2.45, 2.75) is 40.0 Å². The predicted octanol–water partition coefficient (Wildman–Crippen LogP) is 3.73. The lowest BCUT2D eigenvalue weighted by Crippen LogP contribution is -1.92. The molecule has 0 radical (unpaired) electrons. The highest BCUT2D eigenvalue weighted by molar-refractivity contribution is 5.85. The van der Waals surface area contributed by atoms with Gasteiger partial charge in [0.05, 0.1) is 0 Å². The van der Waals surface area contributed by atoms with Gasteiger partial charge in [0.1, 0.15) is 11.5 Å². The van der Waals surface area contributed by atoms with Crippen molar-refractivity contribution < 1.29 is 30.0 Å². The number of phenols is 2. The van der Waals surface area contributed by atoms with Gasteiger partial charge in [0.15, 0.2) is 0 Å². The maximum Gasteiger partial charge on any atom is 0.330 e. The number of carboxylic acid groups (broad SMARTS) is 2. The second-order valence-electron chi connectivity index (χ2n) is 5.09. The van der Waals surface area contributed by atoms with Crippen LogP contribution in [0.15, 0.2) is 42.5 Å². The van der Waals surface area contributed by atoms with Gasteiger partial charge in [-0.25, -0.2) is 9.59 Å². The third kappa shape index (κ3) is 12.9. The number of hydrogen-bond donors (Lipinski definition) is 4. The molecule has 0 aliphatic carbocycles. The zero-order valence-electron chi connectivity index (χ0n) is 14.4. The molecule has 1 aromatic carbocycles. The van der Waals surface area contributed by atoms with Gasteiger partial charge in [-0.2, -0.15) is 0 Å². The van der Waals surface area contributed by atoms with E-state index < -0.39 is 11.9 Å². The molecule has 0 aliphatic heterocycles. The highest BCUT2D eigenvalue weighted by Crippen LogP contribution is 2.23. The van der Waals surface area contributed by atoms with Crippen molar-refractivity contribution in [3.8, 4) is 11.5 Å². The van der Waals surface area contributed by atoms with Crippen LogP contribution in [0.1, 0.15) is 39.2 Å². The molecular formula is C18H26O6. The van der Waals surface area contributed by atoms with Gasteiger partial charge in [0, 0.05) is 11.1 Å². The Morgan fingerprint density at radius 3 is 1.75 bits per heavy atom. The first-order chi connectivity index (χ1) is 11.0. The van der Waals surface area contributed by atoms with E-state index >= 15 is 0 Å². The lowest BCUT2D eigenvalue weighted by atomic mass is 10.1. The smallest absolute Gasteiger partial charge is 0.330 e. The summed E-state index contributed by atoms with van der Waals surface area (Å²) in [5.41, 5.74) is 1.18. The SMILES string of the molecule is C=C(C)C(=O)O.C=C(C)C(=O)O.CCCCc1cc(O)ccc1O. The normalized spacial score (nSPS) is 8.79. The first kappa shape index (κ1) is 23.5. The molecule has 0 saturated carbocycles. The van der Waals surface area contributed by atoms with E-state index in [0.717, 1.165) is 24.8 Å². The van der Waals surface area contributed by atoms with E-state index in [1.807, 2.05) is 0 Å². The molecule has 0 amide bonds. The highest BCUT2D eigenvalue weighted by atomic mass is 16.4. The van der Waals surface area contributed by atoms with Crippen LogP contribution in [0.2, 0.25) is 0 Å². The molecule has 0 aliphatic rings. The standard InChI is InChI=1S/C10H14O2.2C4H6O2/c1-2-3-4-8-7-9(11)5-6-10(8)12;2*1-3(2)4(5)6/h5-7,11-12H,2-4H2,1H3;2*1H2,2H3,(H,5,6). The number of benzene rings is 1. The van der Waals surface area contributed by atoms with Gasteiger partial charge >= 0.3 is 11.9 Å². The molecule has 4 N–H and O–H groups in total. The molecule has 0 unspecified atom stereocenters. The number of carbonyl (C=O) groups is 2. The van der Waals surface area contributed by atoms with Gasteiger partial charge < -0.3 is 20.4 Å². The Morgan fingerprint density at radius 1 is 1.00 bits per heavy atom. The summed E-state index contributed by atoms with van der Waals surface area (Å²) in [7, 11) is 0. The van der Waals surface area contributed by atoms with Gasteiger partial charge in [-0.15, -0.1) is 0 Å². The molecule has 0 bridgehead atoms. The average Bonchev–Trinajstić information content (AvgIpc) is 2.49. The number of carboxylic acids is 2. The van der Waals surface area contributed by atoms with Crippen molar-refractivity contribution in [1.29, 1.82) is 0 Å². The number of aryl methyl sites for hydroxylation is 1. The van der Waals surface area contributed by atoms with Crippen molar-refractivity contribution in [2.24, 2.45) is 0 Å². The van der Waals surface area contributed by atoms with Gasteiger partial charge in [0.2, 0.25) is 0 Å². The number of rotatable bonds is 5. The van der Waals surface area contributed by atoms with Crippen LogP contribution in [0.25, 0.3) is 0 Å². The fourth-order valence-electron chi connectivity index (χ4n) is 1.14. The minimum Gasteiger partial charge on any atom is -0.508 e. The van der Waals surface area contributed by atoms with E-state index in [4.69, 9.17) is 15.3 Å². The first-order valence-corrected chi connectivity index (χ1v) is 7.31. The van der Waals surface area contributed by atoms with Crippen LogP contribution in [0.4, 0.5) is 0 Å². The molecule has 134 valence electrons. The summed E-state index contributed by atoms with van der Waals surface area (Å²) in [4.78, 5) is 19.2. The second-order valence-corrected chi connectivity index (χ2v) is 5.09. The summed E-state index contributed by atoms with van der Waals surface area (Å²) in [6.45, 7) is 11.3. The van der Waals surface area contributed by atoms with E-state index in [0.29, 0.717) is 0 Å². The Hall–Kier alpha value is -2.76. The molecule has 0 atom stereocenters. The van der Waals surface area contributed by atoms with Crippen molar-refractivity contribution >= 4 is 11.9 Å².